The fraction of sp³-hybridized carbons (Fsp3) is 0.350. The summed E-state index contributed by atoms with van der Waals surface area (Å²) in [6.07, 6.45) is 4.73. The van der Waals surface area contributed by atoms with Crippen LogP contribution in [0.3, 0.4) is 0 Å². The predicted octanol–water partition coefficient (Wildman–Crippen LogP) is 4.57. The largest absolute Gasteiger partial charge is 0.326 e. The number of hydrogen-bond donors (Lipinski definition) is 1. The third-order valence-electron chi connectivity index (χ3n) is 4.53. The van der Waals surface area contributed by atoms with Crippen LogP contribution in [0.25, 0.3) is 0 Å². The number of anilines is 1. The van der Waals surface area contributed by atoms with E-state index in [0.29, 0.717) is 0 Å². The van der Waals surface area contributed by atoms with Crippen LogP contribution in [0, 0.1) is 6.92 Å². The molecule has 1 N–H and O–H groups in total. The maximum absolute atomic E-state index is 11.0. The summed E-state index contributed by atoms with van der Waals surface area (Å²) in [4.78, 5) is 14.6. The number of aryl methyl sites for hydroxylation is 1. The Morgan fingerprint density at radius 3 is 2.58 bits per heavy atom. The predicted molar refractivity (Wildman–Crippen MR) is 102 cm³/mol. The Hall–Kier alpha value is -1.78. The van der Waals surface area contributed by atoms with E-state index in [4.69, 9.17) is 0 Å². The molecule has 2 aromatic rings. The number of nitrogens with zero attached hydrogens (tertiary/aromatic N) is 1. The fourth-order valence-corrected chi connectivity index (χ4v) is 3.65. The van der Waals surface area contributed by atoms with Gasteiger partial charge in [-0.15, -0.1) is 0 Å². The second kappa shape index (κ2) is 8.36. The first kappa shape index (κ1) is 17.1. The molecule has 1 aliphatic heterocycles. The summed E-state index contributed by atoms with van der Waals surface area (Å²) in [5, 5.41) is 0. The molecule has 0 aliphatic carbocycles. The van der Waals surface area contributed by atoms with Crippen molar-refractivity contribution < 1.29 is 4.79 Å². The van der Waals surface area contributed by atoms with Crippen LogP contribution in [0.5, 0.6) is 0 Å². The Morgan fingerprint density at radius 2 is 1.88 bits per heavy atom. The number of nitrogens with one attached hydrogen (secondary N) is 1. The van der Waals surface area contributed by atoms with Gasteiger partial charge in [0.25, 0.3) is 0 Å². The van der Waals surface area contributed by atoms with E-state index in [2.05, 4.69) is 33.9 Å². The van der Waals surface area contributed by atoms with E-state index in [0.717, 1.165) is 34.4 Å². The molecule has 24 heavy (non-hydrogen) atoms. The van der Waals surface area contributed by atoms with Gasteiger partial charge in [0, 0.05) is 22.7 Å². The Balaban J connectivity index is 1.51. The standard InChI is InChI=1S/C20H24N2OS/c1-16-4-9-20(14-18(16)15-23)24-21-19-7-5-17(6-8-19)10-13-22-11-2-3-12-22/h4-9,14-15,21H,2-3,10-13H2,1H3. The van der Waals surface area contributed by atoms with Crippen molar-refractivity contribution in [1.29, 1.82) is 0 Å². The molecule has 1 heterocycles. The first-order valence-corrected chi connectivity index (χ1v) is 9.36. The number of carbonyl (C=O) groups excluding carboxylic acids is 1. The van der Waals surface area contributed by atoms with Crippen molar-refractivity contribution in [1.82, 2.24) is 4.90 Å². The second-order valence-corrected chi connectivity index (χ2v) is 7.22. The zero-order valence-corrected chi connectivity index (χ0v) is 14.9. The normalized spacial score (nSPS) is 14.7. The summed E-state index contributed by atoms with van der Waals surface area (Å²) >= 11 is 1.53. The molecule has 0 amide bonds. The van der Waals surface area contributed by atoms with E-state index in [1.807, 2.05) is 25.1 Å². The molecule has 1 fully saturated rings. The number of benzene rings is 2. The number of carbonyl (C=O) groups is 1. The minimum atomic E-state index is 0.749. The van der Waals surface area contributed by atoms with E-state index in [1.165, 1.54) is 50.0 Å². The van der Waals surface area contributed by atoms with Gasteiger partial charge in [0.15, 0.2) is 0 Å². The lowest BCUT2D eigenvalue weighted by molar-refractivity contribution is 0.112. The van der Waals surface area contributed by atoms with Crippen molar-refractivity contribution in [3.05, 3.63) is 59.2 Å². The molecule has 3 nitrogen and oxygen atoms in total. The highest BCUT2D eigenvalue weighted by Gasteiger charge is 2.10. The van der Waals surface area contributed by atoms with Crippen molar-refractivity contribution in [2.24, 2.45) is 0 Å². The molecule has 3 rings (SSSR count). The van der Waals surface area contributed by atoms with E-state index in [-0.39, 0.29) is 0 Å². The summed E-state index contributed by atoms with van der Waals surface area (Å²) in [6.45, 7) is 5.64. The topological polar surface area (TPSA) is 32.3 Å². The molecule has 2 aromatic carbocycles. The molecule has 126 valence electrons. The fourth-order valence-electron chi connectivity index (χ4n) is 2.96. The molecule has 0 radical (unpaired) electrons. The van der Waals surface area contributed by atoms with Crippen LogP contribution in [0.2, 0.25) is 0 Å². The van der Waals surface area contributed by atoms with Gasteiger partial charge in [-0.05, 0) is 86.6 Å². The highest BCUT2D eigenvalue weighted by Crippen LogP contribution is 2.23. The third-order valence-corrected chi connectivity index (χ3v) is 5.36. The molecule has 0 saturated carbocycles. The van der Waals surface area contributed by atoms with Gasteiger partial charge in [0.05, 0.1) is 0 Å². The summed E-state index contributed by atoms with van der Waals surface area (Å²) in [5.74, 6) is 0. The van der Waals surface area contributed by atoms with Gasteiger partial charge in [-0.3, -0.25) is 4.79 Å². The van der Waals surface area contributed by atoms with Crippen LogP contribution >= 0.6 is 11.9 Å². The summed E-state index contributed by atoms with van der Waals surface area (Å²) in [6, 6.07) is 14.6. The monoisotopic (exact) mass is 340 g/mol. The molecule has 4 heteroatoms. The Bertz CT molecular complexity index is 679. The average Bonchev–Trinajstić information content (AvgIpc) is 3.14. The van der Waals surface area contributed by atoms with Crippen molar-refractivity contribution in [2.45, 2.75) is 31.1 Å². The summed E-state index contributed by atoms with van der Waals surface area (Å²) in [7, 11) is 0. The van der Waals surface area contributed by atoms with Gasteiger partial charge in [0.1, 0.15) is 6.29 Å². The second-order valence-electron chi connectivity index (χ2n) is 6.34. The summed E-state index contributed by atoms with van der Waals surface area (Å²) in [5.41, 5.74) is 4.23. The quantitative estimate of drug-likeness (QED) is 0.591. The molecule has 1 saturated heterocycles. The summed E-state index contributed by atoms with van der Waals surface area (Å²) < 4.78 is 3.35. The van der Waals surface area contributed by atoms with Crippen molar-refractivity contribution in [3.63, 3.8) is 0 Å². The Morgan fingerprint density at radius 1 is 1.12 bits per heavy atom. The lowest BCUT2D eigenvalue weighted by Gasteiger charge is -2.14. The lowest BCUT2D eigenvalue weighted by atomic mass is 10.1. The van der Waals surface area contributed by atoms with E-state index in [9.17, 15) is 4.79 Å². The van der Waals surface area contributed by atoms with Crippen LogP contribution in [0.4, 0.5) is 5.69 Å². The highest BCUT2D eigenvalue weighted by molar-refractivity contribution is 8.00. The molecule has 0 spiro atoms. The highest BCUT2D eigenvalue weighted by atomic mass is 32.2. The van der Waals surface area contributed by atoms with Crippen molar-refractivity contribution in [3.8, 4) is 0 Å². The SMILES string of the molecule is Cc1ccc(SNc2ccc(CCN3CCCC3)cc2)cc1C=O. The number of likely N-dealkylation sites (tertiary alicyclic amines) is 1. The smallest absolute Gasteiger partial charge is 0.150 e. The van der Waals surface area contributed by atoms with Crippen LogP contribution < -0.4 is 4.72 Å². The molecule has 1 aliphatic rings. The maximum Gasteiger partial charge on any atom is 0.150 e. The Kier molecular flexibility index (Phi) is 5.94. The number of aldehydes is 1. The molecule has 0 atom stereocenters. The first-order chi connectivity index (χ1) is 11.7. The third kappa shape index (κ3) is 4.62. The first-order valence-electron chi connectivity index (χ1n) is 8.54. The van der Waals surface area contributed by atoms with E-state index >= 15 is 0 Å². The van der Waals surface area contributed by atoms with Gasteiger partial charge >= 0.3 is 0 Å². The zero-order chi connectivity index (χ0) is 16.8. The van der Waals surface area contributed by atoms with Crippen molar-refractivity contribution in [2.75, 3.05) is 24.4 Å². The van der Waals surface area contributed by atoms with Gasteiger partial charge in [0.2, 0.25) is 0 Å². The van der Waals surface area contributed by atoms with Crippen LogP contribution in [-0.2, 0) is 6.42 Å². The molecule has 0 bridgehead atoms. The van der Waals surface area contributed by atoms with Crippen LogP contribution in [-0.4, -0.2) is 30.8 Å². The van der Waals surface area contributed by atoms with Gasteiger partial charge in [-0.1, -0.05) is 18.2 Å². The minimum Gasteiger partial charge on any atom is -0.326 e. The number of hydrogen-bond acceptors (Lipinski definition) is 4. The van der Waals surface area contributed by atoms with E-state index < -0.39 is 0 Å². The molecule has 0 unspecified atom stereocenters. The maximum atomic E-state index is 11.0. The van der Waals surface area contributed by atoms with Crippen LogP contribution in [0.1, 0.15) is 34.3 Å². The molecular weight excluding hydrogens is 316 g/mol. The number of rotatable bonds is 7. The van der Waals surface area contributed by atoms with Gasteiger partial charge in [-0.2, -0.15) is 0 Å². The van der Waals surface area contributed by atoms with Gasteiger partial charge in [-0.25, -0.2) is 0 Å². The van der Waals surface area contributed by atoms with Crippen LogP contribution in [0.15, 0.2) is 47.4 Å². The average molecular weight is 340 g/mol. The Labute approximate surface area is 148 Å². The lowest BCUT2D eigenvalue weighted by Crippen LogP contribution is -2.21. The molecule has 0 aromatic heterocycles. The van der Waals surface area contributed by atoms with Crippen molar-refractivity contribution >= 4 is 23.9 Å². The minimum absolute atomic E-state index is 0.749. The molecular formula is C20H24N2OS. The zero-order valence-electron chi connectivity index (χ0n) is 14.1. The van der Waals surface area contributed by atoms with Gasteiger partial charge < -0.3 is 9.62 Å². The van der Waals surface area contributed by atoms with E-state index in [1.54, 1.807) is 0 Å².